The molecule has 0 aliphatic carbocycles. The van der Waals surface area contributed by atoms with Crippen molar-refractivity contribution in [3.05, 3.63) is 367 Å². The molecule has 0 aliphatic rings. The fourth-order valence-electron chi connectivity index (χ4n) is 15.7. The minimum Gasteiger partial charge on any atom is -0.497 e. The zero-order chi connectivity index (χ0) is 96.7. The number of methoxy groups -OCH3 is 5. The lowest BCUT2D eigenvalue weighted by atomic mass is 10.1. The van der Waals surface area contributed by atoms with Gasteiger partial charge in [-0.05, 0) is 168 Å². The van der Waals surface area contributed by atoms with Crippen molar-refractivity contribution in [2.45, 2.75) is 74.1 Å². The van der Waals surface area contributed by atoms with Gasteiger partial charge in [0.2, 0.25) is 0 Å². The van der Waals surface area contributed by atoms with E-state index < -0.39 is 0 Å². The molecule has 17 heterocycles. The minimum atomic E-state index is 0. The molecule has 148 heavy (non-hydrogen) atoms. The normalized spacial score (nSPS) is 10.8. The van der Waals surface area contributed by atoms with Crippen LogP contribution in [0.25, 0.3) is 138 Å². The zero-order valence-electron chi connectivity index (χ0n) is 77.0. The van der Waals surface area contributed by atoms with E-state index in [0.717, 1.165) is 167 Å². The molecule has 0 fully saturated rings. The van der Waals surface area contributed by atoms with Crippen LogP contribution in [0.1, 0.15) is 66.3 Å². The van der Waals surface area contributed by atoms with E-state index in [2.05, 4.69) is 96.8 Å². The average Bonchev–Trinajstić information content (AvgIpc) is 1.51. The van der Waals surface area contributed by atoms with Gasteiger partial charge in [-0.15, -0.1) is 74.1 Å². The number of ether oxygens (including phenoxy) is 8. The van der Waals surface area contributed by atoms with Gasteiger partial charge in [0.1, 0.15) is 60.0 Å². The van der Waals surface area contributed by atoms with Crippen LogP contribution < -0.4 is 43.2 Å². The van der Waals surface area contributed by atoms with Gasteiger partial charge in [-0.25, -0.2) is 0 Å². The van der Waals surface area contributed by atoms with Crippen LogP contribution in [0.4, 0.5) is 5.69 Å². The Hall–Kier alpha value is -18.5. The fourth-order valence-corrected chi connectivity index (χ4v) is 18.0. The van der Waals surface area contributed by atoms with Crippen LogP contribution in [-0.4, -0.2) is 160 Å². The van der Waals surface area contributed by atoms with E-state index in [1.165, 1.54) is 0 Å². The lowest BCUT2D eigenvalue weighted by Crippen LogP contribution is -2.07. The predicted octanol–water partition coefficient (Wildman–Crippen LogP) is 23.7. The maximum Gasteiger partial charge on any atom is 0.192 e. The number of thiophene rings is 2. The summed E-state index contributed by atoms with van der Waals surface area (Å²) in [5.41, 5.74) is 17.2. The maximum atomic E-state index is 6.09. The Morgan fingerprint density at radius 2 is 0.669 bits per heavy atom. The summed E-state index contributed by atoms with van der Waals surface area (Å²) in [5.74, 6) is 9.76. The molecule has 0 aliphatic heterocycles. The van der Waals surface area contributed by atoms with Crippen molar-refractivity contribution in [3.8, 4) is 102 Å². The predicted molar refractivity (Wildman–Crippen MR) is 582 cm³/mol. The number of anilines is 1. The van der Waals surface area contributed by atoms with Gasteiger partial charge in [-0.2, -0.15) is 59.4 Å². The fraction of sp³-hybridized carbons (Fsp3) is 0.135. The van der Waals surface area contributed by atoms with Crippen molar-refractivity contribution in [1.29, 1.82) is 0 Å². The van der Waals surface area contributed by atoms with Crippen LogP contribution in [0.3, 0.4) is 0 Å². The Morgan fingerprint density at radius 1 is 0.284 bits per heavy atom. The molecule has 25 aromatic rings. The third-order valence-electron chi connectivity index (χ3n) is 22.9. The van der Waals surface area contributed by atoms with Gasteiger partial charge in [0.05, 0.1) is 103 Å². The number of thioether (sulfide) groups is 1. The van der Waals surface area contributed by atoms with Gasteiger partial charge < -0.3 is 43.2 Å². The number of pyridine rings is 5. The van der Waals surface area contributed by atoms with Crippen LogP contribution in [0.5, 0.6) is 46.0 Å². The summed E-state index contributed by atoms with van der Waals surface area (Å²) in [6.07, 6.45) is 8.74. The zero-order valence-corrected chi connectivity index (χ0v) is 79.5. The first-order valence-electron chi connectivity index (χ1n) is 44.8. The van der Waals surface area contributed by atoms with Crippen molar-refractivity contribution in [2.75, 3.05) is 40.9 Å². The summed E-state index contributed by atoms with van der Waals surface area (Å²) < 4.78 is 53.5. The van der Waals surface area contributed by atoms with E-state index in [4.69, 9.17) is 53.2 Å². The minimum absolute atomic E-state index is 0. The van der Waals surface area contributed by atoms with Gasteiger partial charge in [0.25, 0.3) is 0 Å². The van der Waals surface area contributed by atoms with Gasteiger partial charge in [0, 0.05) is 120 Å². The number of rotatable bonds is 25. The molecule has 0 saturated carbocycles. The Morgan fingerprint density at radius 3 is 1.15 bits per heavy atom. The van der Waals surface area contributed by atoms with Crippen LogP contribution in [0.15, 0.2) is 343 Å². The smallest absolute Gasteiger partial charge is 0.192 e. The Bertz CT molecular complexity index is 8580. The highest BCUT2D eigenvalue weighted by Gasteiger charge is 2.21. The second kappa shape index (κ2) is 47.6. The molecule has 1 N–H and O–H groups in total. The molecule has 0 atom stereocenters. The molecule has 0 unspecified atom stereocenters. The van der Waals surface area contributed by atoms with Crippen LogP contribution in [0.2, 0.25) is 0 Å². The summed E-state index contributed by atoms with van der Waals surface area (Å²) >= 11 is 4.98. The number of nitrogens with zero attached hydrogens (tertiary/aromatic N) is 25. The van der Waals surface area contributed by atoms with E-state index in [-0.39, 0.29) is 57.0 Å². The molecule has 0 bridgehead atoms. The van der Waals surface area contributed by atoms with Crippen molar-refractivity contribution in [1.82, 2.24) is 124 Å². The molecule has 34 nitrogen and oxygen atoms in total. The maximum absolute atomic E-state index is 6.09. The third-order valence-corrected chi connectivity index (χ3v) is 25.5. The second-order valence-electron chi connectivity index (χ2n) is 31.6. The first kappa shape index (κ1) is 102. The largest absolute Gasteiger partial charge is 0.497 e. The summed E-state index contributed by atoms with van der Waals surface area (Å²) in [6, 6.07) is 94.1. The molecule has 17 aromatic heterocycles. The molecule has 37 heteroatoms. The lowest BCUT2D eigenvalue weighted by Gasteiger charge is -2.12. The Labute approximate surface area is 863 Å². The van der Waals surface area contributed by atoms with Crippen LogP contribution >= 0.6 is 34.4 Å². The van der Waals surface area contributed by atoms with Gasteiger partial charge in [-0.3, -0.25) is 24.9 Å². The third kappa shape index (κ3) is 22.6. The number of para-hydroxylation sites is 1. The summed E-state index contributed by atoms with van der Waals surface area (Å²) in [4.78, 5) is 24.3. The highest BCUT2D eigenvalue weighted by molar-refractivity contribution is 7.98. The molecular formula is C111H102N26O8S3. The highest BCUT2D eigenvalue weighted by Crippen LogP contribution is 2.38. The first-order valence-corrected chi connectivity index (χ1v) is 47.6. The summed E-state index contributed by atoms with van der Waals surface area (Å²) in [5, 5.41) is 80.3. The van der Waals surface area contributed by atoms with E-state index in [1.807, 2.05) is 307 Å². The van der Waals surface area contributed by atoms with E-state index in [1.54, 1.807) is 119 Å². The molecular weight excluding hydrogens is 1920 g/mol. The number of nitrogens with one attached hydrogen (secondary N) is 1. The number of fused-ring (bicyclic) bond motifs is 10. The Balaban J connectivity index is 0.000000131. The number of hydrogen-bond acceptors (Lipinski definition) is 32. The number of benzene rings is 8. The topological polar surface area (TPSA) is 366 Å². The van der Waals surface area contributed by atoms with Gasteiger partial charge in [0.15, 0.2) is 68.9 Å². The number of aromatic nitrogens is 25. The van der Waals surface area contributed by atoms with E-state index >= 15 is 0 Å². The summed E-state index contributed by atoms with van der Waals surface area (Å²) in [6.45, 7) is 1.19. The van der Waals surface area contributed by atoms with Crippen molar-refractivity contribution >= 4 is 123 Å². The molecule has 25 rings (SSSR count). The van der Waals surface area contributed by atoms with Crippen LogP contribution in [-0.2, 0) is 32.1 Å². The van der Waals surface area contributed by atoms with E-state index in [0.29, 0.717) is 69.6 Å². The van der Waals surface area contributed by atoms with Crippen molar-refractivity contribution in [2.24, 2.45) is 0 Å². The highest BCUT2D eigenvalue weighted by atomic mass is 32.2. The molecule has 0 spiro atoms. The molecule has 0 saturated heterocycles. The monoisotopic (exact) mass is 2020 g/mol. The molecule has 8 aromatic carbocycles. The molecule has 0 radical (unpaired) electrons. The van der Waals surface area contributed by atoms with Gasteiger partial charge in [-0.1, -0.05) is 146 Å². The molecule has 742 valence electrons. The Kier molecular flexibility index (Phi) is 32.9. The second-order valence-corrected chi connectivity index (χ2v) is 34.4. The number of hydrogen-bond donors (Lipinski definition) is 1. The average molecular weight is 2020 g/mol. The lowest BCUT2D eigenvalue weighted by molar-refractivity contribution is 0.296. The standard InChI is InChI=1S/C23H19N5O3.C22H18N6O.C22H17N5OS.C20H15N5O2S.C19H13N5OS.5CH4/c1-29-20-12-16-18(13-21(20)30-2)24-11-10-19(16)31-14-23-26-25-22-9-8-17(27-28(22)23)15-6-4-3-5-7-15;1-29-16-7-8-17-19(11-12-23-20(17)13-16)24-14-22-26-25-21-10-9-18(27-28(21)22)15-5-3-2-4-6-15;1-28-16-7-8-17-19(13-16)23-12-11-20(17)29-14-22-25-24-21-10-9-18(26-27(21)22)15-5-3-2-4-6-15;1-26-14-2-3-15-17(10-14)21-8-6-18(15)27-11-20-23-22-19-5-4-16(24-25(19)20)13-7-9-28-12-13;1-2-5-14-13(4-1)16(9-10-20-14)25-12-19-22-21-18-8-7-15(23-24(18)19)17-6-3-11-26-17;;;;;/h3-13H,14H2,1-2H3;2-13H,14H2,1H3,(H,23,24);2-13H,14H2,1H3;2-10,12H,11H2,1H3;1-11H,12H2;5*1H4. The van der Waals surface area contributed by atoms with Crippen molar-refractivity contribution < 1.29 is 37.9 Å². The van der Waals surface area contributed by atoms with E-state index in [9.17, 15) is 0 Å². The summed E-state index contributed by atoms with van der Waals surface area (Å²) in [7, 11) is 8.13. The SMILES string of the molecule is C.C.C.C.C.COc1cc2nccc(OCc3nnc4ccc(-c5ccccc5)nn34)c2cc1OC.COc1ccc2c(NCc3nnc4ccc(-c5ccccc5)nn34)ccnc2c1.COc1ccc2c(OCc3nnc4ccc(-c5ccsc5)nn34)ccnc2c1.COc1ccc2c(SCc3nnc4ccc(-c5ccccc5)nn34)ccnc2c1.c1csc(-c2ccc3nnc(COc4ccnc5ccccc45)n3n2)c1. The molecule has 0 amide bonds. The van der Waals surface area contributed by atoms with Crippen molar-refractivity contribution in [3.63, 3.8) is 0 Å². The first-order chi connectivity index (χ1) is 70.6. The van der Waals surface area contributed by atoms with Crippen LogP contribution in [0, 0.1) is 0 Å². The quantitative estimate of drug-likeness (QED) is 0.0519. The van der Waals surface area contributed by atoms with Gasteiger partial charge >= 0.3 is 0 Å².